The van der Waals surface area contributed by atoms with E-state index in [1.807, 2.05) is 0 Å². The van der Waals surface area contributed by atoms with Gasteiger partial charge in [0.15, 0.2) is 0 Å². The lowest BCUT2D eigenvalue weighted by atomic mass is 10.2. The van der Waals surface area contributed by atoms with Gasteiger partial charge in [0.2, 0.25) is 17.7 Å². The molecule has 23 heavy (non-hydrogen) atoms. The molecule has 3 atom stereocenters. The molecular weight excluding hydrogens is 308 g/mol. The van der Waals surface area contributed by atoms with Gasteiger partial charge < -0.3 is 31.5 Å². The summed E-state index contributed by atoms with van der Waals surface area (Å²) in [4.78, 5) is 45.8. The first-order valence-electron chi connectivity index (χ1n) is 7.29. The average Bonchev–Trinajstić information content (AvgIpc) is 3.04. The number of nitrogens with one attached hydrogen (secondary N) is 4. The quantitative estimate of drug-likeness (QED) is 0.275. The van der Waals surface area contributed by atoms with Crippen molar-refractivity contribution in [3.63, 3.8) is 0 Å². The van der Waals surface area contributed by atoms with Crippen molar-refractivity contribution in [1.82, 2.24) is 21.3 Å². The molecule has 0 aromatic rings. The van der Waals surface area contributed by atoms with E-state index >= 15 is 0 Å². The fourth-order valence-corrected chi connectivity index (χ4v) is 2.02. The second-order valence-corrected chi connectivity index (χ2v) is 5.24. The first-order valence-corrected chi connectivity index (χ1v) is 7.29. The van der Waals surface area contributed by atoms with Crippen molar-refractivity contribution in [3.8, 4) is 0 Å². The van der Waals surface area contributed by atoms with Gasteiger partial charge in [-0.3, -0.25) is 19.2 Å². The normalized spacial score (nSPS) is 19.5. The van der Waals surface area contributed by atoms with Crippen LogP contribution < -0.4 is 21.3 Å². The standard InChI is InChI=1S/C13H22N4O6/c1-7(13(22)23)16-10(19)5-15-11(20)9(6-18)17-12(21)8-3-2-4-14-8/h7-9,14,18H,2-6H2,1H3,(H,15,20)(H,16,19)(H,17,21)(H,22,23). The minimum atomic E-state index is -1.20. The molecule has 0 spiro atoms. The van der Waals surface area contributed by atoms with Crippen molar-refractivity contribution in [3.05, 3.63) is 0 Å². The third-order valence-corrected chi connectivity index (χ3v) is 3.36. The van der Waals surface area contributed by atoms with Crippen LogP contribution in [0.1, 0.15) is 19.8 Å². The van der Waals surface area contributed by atoms with Crippen molar-refractivity contribution in [2.45, 2.75) is 37.9 Å². The molecule has 10 nitrogen and oxygen atoms in total. The topological polar surface area (TPSA) is 157 Å². The van der Waals surface area contributed by atoms with Gasteiger partial charge in [0, 0.05) is 0 Å². The molecule has 6 N–H and O–H groups in total. The van der Waals surface area contributed by atoms with Crippen LogP contribution in [0.3, 0.4) is 0 Å². The molecule has 1 aliphatic rings. The Morgan fingerprint density at radius 1 is 1.26 bits per heavy atom. The van der Waals surface area contributed by atoms with Gasteiger partial charge in [-0.15, -0.1) is 0 Å². The summed E-state index contributed by atoms with van der Waals surface area (Å²) >= 11 is 0. The molecule has 1 aliphatic heterocycles. The largest absolute Gasteiger partial charge is 0.480 e. The van der Waals surface area contributed by atoms with E-state index in [1.54, 1.807) is 0 Å². The number of hydrogen-bond donors (Lipinski definition) is 6. The van der Waals surface area contributed by atoms with E-state index in [1.165, 1.54) is 6.92 Å². The number of carboxylic acids is 1. The molecule has 0 aromatic carbocycles. The monoisotopic (exact) mass is 330 g/mol. The summed E-state index contributed by atoms with van der Waals surface area (Å²) in [6.07, 6.45) is 1.51. The van der Waals surface area contributed by atoms with E-state index in [0.29, 0.717) is 6.42 Å². The zero-order valence-electron chi connectivity index (χ0n) is 12.8. The van der Waals surface area contributed by atoms with E-state index in [-0.39, 0.29) is 5.91 Å². The lowest BCUT2D eigenvalue weighted by Crippen LogP contribution is -2.54. The van der Waals surface area contributed by atoms with Crippen molar-refractivity contribution >= 4 is 23.7 Å². The Morgan fingerprint density at radius 2 is 1.96 bits per heavy atom. The Hall–Kier alpha value is -2.20. The molecule has 0 aromatic heterocycles. The van der Waals surface area contributed by atoms with E-state index in [0.717, 1.165) is 13.0 Å². The lowest BCUT2D eigenvalue weighted by Gasteiger charge is -2.18. The number of hydrogen-bond acceptors (Lipinski definition) is 6. The molecule has 0 saturated carbocycles. The Bertz CT molecular complexity index is 463. The van der Waals surface area contributed by atoms with Gasteiger partial charge in [0.25, 0.3) is 0 Å². The molecule has 1 rings (SSSR count). The molecular formula is C13H22N4O6. The number of rotatable bonds is 8. The maximum Gasteiger partial charge on any atom is 0.325 e. The fourth-order valence-electron chi connectivity index (χ4n) is 2.02. The number of aliphatic carboxylic acids is 1. The molecule has 0 bridgehead atoms. The predicted molar refractivity (Wildman–Crippen MR) is 78.3 cm³/mol. The van der Waals surface area contributed by atoms with Gasteiger partial charge in [-0.05, 0) is 26.3 Å². The summed E-state index contributed by atoms with van der Waals surface area (Å²) in [5.74, 6) is -3.00. The van der Waals surface area contributed by atoms with Crippen LogP contribution in [0.2, 0.25) is 0 Å². The molecule has 3 amide bonds. The van der Waals surface area contributed by atoms with Crippen molar-refractivity contribution in [2.75, 3.05) is 19.7 Å². The molecule has 1 heterocycles. The summed E-state index contributed by atoms with van der Waals surface area (Å²) in [7, 11) is 0. The first-order chi connectivity index (χ1) is 10.8. The first kappa shape index (κ1) is 18.8. The highest BCUT2D eigenvalue weighted by molar-refractivity contribution is 5.92. The smallest absolute Gasteiger partial charge is 0.325 e. The Morgan fingerprint density at radius 3 is 2.48 bits per heavy atom. The van der Waals surface area contributed by atoms with Gasteiger partial charge in [0.05, 0.1) is 19.2 Å². The van der Waals surface area contributed by atoms with E-state index in [2.05, 4.69) is 21.3 Å². The van der Waals surface area contributed by atoms with Crippen molar-refractivity contribution in [2.24, 2.45) is 0 Å². The van der Waals surface area contributed by atoms with E-state index < -0.39 is 49.1 Å². The summed E-state index contributed by atoms with van der Waals surface area (Å²) < 4.78 is 0. The highest BCUT2D eigenvalue weighted by Crippen LogP contribution is 2.04. The van der Waals surface area contributed by atoms with Crippen LogP contribution in [-0.4, -0.2) is 71.7 Å². The molecule has 0 radical (unpaired) electrons. The third kappa shape index (κ3) is 6.20. The Balaban J connectivity index is 2.39. The second-order valence-electron chi connectivity index (χ2n) is 5.24. The summed E-state index contributed by atoms with van der Waals surface area (Å²) in [6.45, 7) is 0.936. The zero-order valence-corrected chi connectivity index (χ0v) is 12.8. The van der Waals surface area contributed by atoms with Gasteiger partial charge in [-0.25, -0.2) is 0 Å². The SMILES string of the molecule is CC(NC(=O)CNC(=O)C(CO)NC(=O)C1CCCN1)C(=O)O. The Labute approximate surface area is 133 Å². The predicted octanol–water partition coefficient (Wildman–Crippen LogP) is -3.08. The maximum atomic E-state index is 11.9. The summed E-state index contributed by atoms with van der Waals surface area (Å²) in [5.41, 5.74) is 0. The van der Waals surface area contributed by atoms with Crippen molar-refractivity contribution < 1.29 is 29.4 Å². The minimum absolute atomic E-state index is 0.388. The third-order valence-electron chi connectivity index (χ3n) is 3.36. The molecule has 1 fully saturated rings. The number of amides is 3. The van der Waals surface area contributed by atoms with Crippen LogP contribution in [0.5, 0.6) is 0 Å². The molecule has 1 saturated heterocycles. The number of carbonyl (C=O) groups excluding carboxylic acids is 3. The summed E-state index contributed by atoms with van der Waals surface area (Å²) in [5, 5.41) is 27.6. The molecule has 10 heteroatoms. The minimum Gasteiger partial charge on any atom is -0.480 e. The highest BCUT2D eigenvalue weighted by Gasteiger charge is 2.27. The fraction of sp³-hybridized carbons (Fsp3) is 0.692. The van der Waals surface area contributed by atoms with Gasteiger partial charge in [-0.2, -0.15) is 0 Å². The highest BCUT2D eigenvalue weighted by atomic mass is 16.4. The molecule has 3 unspecified atom stereocenters. The average molecular weight is 330 g/mol. The number of carboxylic acid groups (broad SMARTS) is 1. The van der Waals surface area contributed by atoms with Crippen LogP contribution in [0.4, 0.5) is 0 Å². The number of carbonyl (C=O) groups is 4. The lowest BCUT2D eigenvalue weighted by molar-refractivity contribution is -0.141. The van der Waals surface area contributed by atoms with Crippen LogP contribution in [0, 0.1) is 0 Å². The Kier molecular flexibility index (Phi) is 7.42. The van der Waals surface area contributed by atoms with E-state index in [9.17, 15) is 24.3 Å². The van der Waals surface area contributed by atoms with Gasteiger partial charge in [0.1, 0.15) is 12.1 Å². The van der Waals surface area contributed by atoms with Crippen LogP contribution in [-0.2, 0) is 19.2 Å². The maximum absolute atomic E-state index is 11.9. The zero-order chi connectivity index (χ0) is 17.4. The van der Waals surface area contributed by atoms with E-state index in [4.69, 9.17) is 5.11 Å². The number of aliphatic hydroxyl groups excluding tert-OH is 1. The van der Waals surface area contributed by atoms with Crippen molar-refractivity contribution in [1.29, 1.82) is 0 Å². The van der Waals surface area contributed by atoms with Crippen LogP contribution in [0.25, 0.3) is 0 Å². The molecule has 0 aliphatic carbocycles. The van der Waals surface area contributed by atoms with Gasteiger partial charge in [-0.1, -0.05) is 0 Å². The van der Waals surface area contributed by atoms with Gasteiger partial charge >= 0.3 is 5.97 Å². The van der Waals surface area contributed by atoms with Crippen LogP contribution in [0.15, 0.2) is 0 Å². The summed E-state index contributed by atoms with van der Waals surface area (Å²) in [6, 6.07) is -2.65. The van der Waals surface area contributed by atoms with Crippen LogP contribution >= 0.6 is 0 Å². The second kappa shape index (κ2) is 9.06. The number of aliphatic hydroxyl groups is 1. The molecule has 130 valence electrons.